The molecule has 1 heterocycles. The van der Waals surface area contributed by atoms with Gasteiger partial charge in [-0.15, -0.1) is 0 Å². The lowest BCUT2D eigenvalue weighted by Gasteiger charge is -2.08. The molecule has 0 aliphatic heterocycles. The molecule has 0 fully saturated rings. The van der Waals surface area contributed by atoms with E-state index in [0.717, 1.165) is 5.75 Å². The maximum absolute atomic E-state index is 11.4. The zero-order valence-corrected chi connectivity index (χ0v) is 8.71. The molecule has 78 valence electrons. The van der Waals surface area contributed by atoms with E-state index in [-0.39, 0.29) is 5.91 Å². The molecule has 3 N–H and O–H groups in total. The van der Waals surface area contributed by atoms with Gasteiger partial charge in [0.25, 0.3) is 0 Å². The van der Waals surface area contributed by atoms with Crippen LogP contribution in [0, 0.1) is 0 Å². The minimum absolute atomic E-state index is 0.240. The van der Waals surface area contributed by atoms with Gasteiger partial charge in [-0.3, -0.25) is 10.1 Å². The van der Waals surface area contributed by atoms with Crippen molar-refractivity contribution in [2.45, 2.75) is 12.5 Å². The summed E-state index contributed by atoms with van der Waals surface area (Å²) in [5.74, 6) is 0.954. The number of carbonyl (C=O) groups is 1. The van der Waals surface area contributed by atoms with E-state index in [1.54, 1.807) is 11.8 Å². The van der Waals surface area contributed by atoms with Crippen LogP contribution in [0.3, 0.4) is 0 Å². The Labute approximate surface area is 86.4 Å². The number of nitrogens with two attached hydrogens (primary N) is 1. The third-order valence-electron chi connectivity index (χ3n) is 1.65. The molecular weight excluding hydrogens is 202 g/mol. The monoisotopic (exact) mass is 215 g/mol. The van der Waals surface area contributed by atoms with E-state index in [1.165, 1.54) is 12.6 Å². The van der Waals surface area contributed by atoms with E-state index in [2.05, 4.69) is 10.3 Å². The summed E-state index contributed by atoms with van der Waals surface area (Å²) < 4.78 is 4.85. The number of hydrogen-bond acceptors (Lipinski definition) is 5. The molecule has 1 aromatic rings. The molecule has 1 rings (SSSR count). The quantitative estimate of drug-likeness (QED) is 0.755. The zero-order valence-electron chi connectivity index (χ0n) is 7.90. The molecule has 0 aromatic carbocycles. The van der Waals surface area contributed by atoms with Crippen molar-refractivity contribution in [3.8, 4) is 0 Å². The molecular formula is C8H13N3O2S. The molecule has 0 radical (unpaired) electrons. The number of hydrogen-bond donors (Lipinski definition) is 2. The fraction of sp³-hybridized carbons (Fsp3) is 0.500. The van der Waals surface area contributed by atoms with E-state index in [0.29, 0.717) is 12.3 Å². The lowest BCUT2D eigenvalue weighted by Crippen LogP contribution is -2.35. The number of amides is 1. The van der Waals surface area contributed by atoms with Crippen molar-refractivity contribution >= 4 is 23.6 Å². The topological polar surface area (TPSA) is 81.2 Å². The third-order valence-corrected chi connectivity index (χ3v) is 2.29. The highest BCUT2D eigenvalue weighted by Crippen LogP contribution is 2.05. The summed E-state index contributed by atoms with van der Waals surface area (Å²) in [6.07, 6.45) is 5.31. The predicted molar refractivity (Wildman–Crippen MR) is 56.1 cm³/mol. The van der Waals surface area contributed by atoms with Crippen LogP contribution in [0.15, 0.2) is 17.0 Å². The van der Waals surface area contributed by atoms with E-state index in [1.807, 2.05) is 6.26 Å². The summed E-state index contributed by atoms with van der Waals surface area (Å²) in [6, 6.07) is -0.493. The minimum Gasteiger partial charge on any atom is -0.428 e. The minimum atomic E-state index is -0.493. The lowest BCUT2D eigenvalue weighted by atomic mass is 10.2. The van der Waals surface area contributed by atoms with E-state index >= 15 is 0 Å². The summed E-state index contributed by atoms with van der Waals surface area (Å²) >= 11 is 1.66. The summed E-state index contributed by atoms with van der Waals surface area (Å²) in [4.78, 5) is 15.1. The van der Waals surface area contributed by atoms with Crippen molar-refractivity contribution in [1.82, 2.24) is 4.98 Å². The van der Waals surface area contributed by atoms with Gasteiger partial charge in [-0.25, -0.2) is 4.98 Å². The average Bonchev–Trinajstić information content (AvgIpc) is 2.66. The zero-order chi connectivity index (χ0) is 10.4. The molecule has 0 spiro atoms. The largest absolute Gasteiger partial charge is 0.428 e. The number of rotatable bonds is 5. The van der Waals surface area contributed by atoms with Crippen LogP contribution in [0.1, 0.15) is 6.42 Å². The van der Waals surface area contributed by atoms with Crippen molar-refractivity contribution in [2.24, 2.45) is 5.73 Å². The molecule has 0 bridgehead atoms. The molecule has 0 saturated heterocycles. The van der Waals surface area contributed by atoms with E-state index in [4.69, 9.17) is 10.2 Å². The molecule has 14 heavy (non-hydrogen) atoms. The molecule has 6 heteroatoms. The number of anilines is 1. The SMILES string of the molecule is CSCC[C@H](N)C(=O)Nc1cnco1. The second-order valence-electron chi connectivity index (χ2n) is 2.74. The lowest BCUT2D eigenvalue weighted by molar-refractivity contribution is -0.117. The van der Waals surface area contributed by atoms with Gasteiger partial charge in [0.05, 0.1) is 12.2 Å². The van der Waals surface area contributed by atoms with E-state index in [9.17, 15) is 4.79 Å². The average molecular weight is 215 g/mol. The van der Waals surface area contributed by atoms with E-state index < -0.39 is 6.04 Å². The summed E-state index contributed by atoms with van der Waals surface area (Å²) in [5.41, 5.74) is 5.63. The first-order chi connectivity index (χ1) is 6.74. The first-order valence-corrected chi connectivity index (χ1v) is 5.57. The highest BCUT2D eigenvalue weighted by molar-refractivity contribution is 7.98. The standard InChI is InChI=1S/C8H13N3O2S/c1-14-3-2-6(9)8(12)11-7-4-10-5-13-7/h4-6H,2-3,9H2,1H3,(H,11,12)/t6-/m0/s1. The molecule has 0 aliphatic rings. The maximum Gasteiger partial charge on any atom is 0.243 e. The number of oxazole rings is 1. The Bertz CT molecular complexity index is 276. The first kappa shape index (κ1) is 11.1. The summed E-state index contributed by atoms with van der Waals surface area (Å²) in [7, 11) is 0. The van der Waals surface area contributed by atoms with Crippen LogP contribution in [-0.4, -0.2) is 28.9 Å². The smallest absolute Gasteiger partial charge is 0.243 e. The summed E-state index contributed by atoms with van der Waals surface area (Å²) in [5, 5.41) is 2.53. The van der Waals surface area contributed by atoms with Gasteiger partial charge in [-0.05, 0) is 18.4 Å². The van der Waals surface area contributed by atoms with Crippen molar-refractivity contribution < 1.29 is 9.21 Å². The highest BCUT2D eigenvalue weighted by atomic mass is 32.2. The fourth-order valence-electron chi connectivity index (χ4n) is 0.868. The fourth-order valence-corrected chi connectivity index (χ4v) is 1.36. The van der Waals surface area contributed by atoms with Gasteiger partial charge in [0.1, 0.15) is 0 Å². The molecule has 1 atom stereocenters. The second kappa shape index (κ2) is 5.66. The normalized spacial score (nSPS) is 12.4. The molecule has 0 saturated carbocycles. The summed E-state index contributed by atoms with van der Waals surface area (Å²) in [6.45, 7) is 0. The van der Waals surface area contributed by atoms with Crippen LogP contribution in [0.25, 0.3) is 0 Å². The number of thioether (sulfide) groups is 1. The highest BCUT2D eigenvalue weighted by Gasteiger charge is 2.13. The Morgan fingerprint density at radius 1 is 1.86 bits per heavy atom. The van der Waals surface area contributed by atoms with Gasteiger partial charge in [0.2, 0.25) is 11.8 Å². The van der Waals surface area contributed by atoms with Crippen molar-refractivity contribution in [3.05, 3.63) is 12.6 Å². The van der Waals surface area contributed by atoms with Crippen LogP contribution < -0.4 is 11.1 Å². The number of nitrogens with zero attached hydrogens (tertiary/aromatic N) is 1. The Kier molecular flexibility index (Phi) is 4.48. The van der Waals surface area contributed by atoms with Gasteiger partial charge in [0, 0.05) is 0 Å². The van der Waals surface area contributed by atoms with Crippen molar-refractivity contribution in [3.63, 3.8) is 0 Å². The van der Waals surface area contributed by atoms with Gasteiger partial charge < -0.3 is 10.2 Å². The molecule has 1 amide bonds. The van der Waals surface area contributed by atoms with Crippen LogP contribution in [0.2, 0.25) is 0 Å². The maximum atomic E-state index is 11.4. The Hall–Kier alpha value is -1.01. The van der Waals surface area contributed by atoms with Crippen LogP contribution in [-0.2, 0) is 4.79 Å². The molecule has 0 aliphatic carbocycles. The number of aromatic nitrogens is 1. The predicted octanol–water partition coefficient (Wildman–Crippen LogP) is 0.693. The molecule has 1 aromatic heterocycles. The molecule has 0 unspecified atom stereocenters. The van der Waals surface area contributed by atoms with Crippen molar-refractivity contribution in [1.29, 1.82) is 0 Å². The van der Waals surface area contributed by atoms with Crippen LogP contribution in [0.5, 0.6) is 0 Å². The number of carbonyl (C=O) groups excluding carboxylic acids is 1. The second-order valence-corrected chi connectivity index (χ2v) is 3.73. The van der Waals surface area contributed by atoms with Crippen LogP contribution in [0.4, 0.5) is 5.88 Å². The van der Waals surface area contributed by atoms with Gasteiger partial charge in [0.15, 0.2) is 6.39 Å². The van der Waals surface area contributed by atoms with Gasteiger partial charge >= 0.3 is 0 Å². The Morgan fingerprint density at radius 2 is 2.64 bits per heavy atom. The Morgan fingerprint density at radius 3 is 3.21 bits per heavy atom. The Balaban J connectivity index is 2.34. The first-order valence-electron chi connectivity index (χ1n) is 4.18. The van der Waals surface area contributed by atoms with Gasteiger partial charge in [-0.1, -0.05) is 0 Å². The van der Waals surface area contributed by atoms with Gasteiger partial charge in [-0.2, -0.15) is 11.8 Å². The van der Waals surface area contributed by atoms with Crippen LogP contribution >= 0.6 is 11.8 Å². The number of nitrogens with one attached hydrogen (secondary N) is 1. The third kappa shape index (κ3) is 3.39. The molecule has 5 nitrogen and oxygen atoms in total. The van der Waals surface area contributed by atoms with Crippen molar-refractivity contribution in [2.75, 3.05) is 17.3 Å².